The summed E-state index contributed by atoms with van der Waals surface area (Å²) in [5, 5.41) is 3.10. The molecule has 1 fully saturated rings. The summed E-state index contributed by atoms with van der Waals surface area (Å²) in [5.41, 5.74) is 2.82. The Hall–Kier alpha value is -0.700. The average Bonchev–Trinajstić information content (AvgIpc) is 2.15. The van der Waals surface area contributed by atoms with Gasteiger partial charge >= 0.3 is 0 Å². The van der Waals surface area contributed by atoms with Gasteiger partial charge in [-0.3, -0.25) is 0 Å². The maximum absolute atomic E-state index is 5.03. The van der Waals surface area contributed by atoms with Gasteiger partial charge in [-0.05, 0) is 0 Å². The Bertz CT molecular complexity index is 132. The lowest BCUT2D eigenvalue weighted by atomic mass is 10.2. The third kappa shape index (κ3) is 0.419. The molecule has 2 aliphatic heterocycles. The Kier molecular flexibility index (Phi) is 0.729. The van der Waals surface area contributed by atoms with Crippen molar-refractivity contribution in [3.05, 3.63) is 12.0 Å². The maximum Gasteiger partial charge on any atom is 0.146 e. The largest absolute Gasteiger partial charge is 0.411 e. The molecule has 3 heteroatoms. The van der Waals surface area contributed by atoms with Crippen LogP contribution in [0.4, 0.5) is 0 Å². The van der Waals surface area contributed by atoms with E-state index in [1.54, 1.807) is 0 Å². The summed E-state index contributed by atoms with van der Waals surface area (Å²) < 4.78 is 0. The fourth-order valence-electron chi connectivity index (χ4n) is 1.03. The highest BCUT2D eigenvalue weighted by Crippen LogP contribution is 2.18. The van der Waals surface area contributed by atoms with Gasteiger partial charge in [0.15, 0.2) is 0 Å². The second kappa shape index (κ2) is 1.39. The number of fused-ring (bicyclic) bond motifs is 1. The van der Waals surface area contributed by atoms with Crippen molar-refractivity contribution in [2.24, 2.45) is 5.92 Å². The third-order valence-corrected chi connectivity index (χ3v) is 1.53. The molecule has 0 aromatic rings. The summed E-state index contributed by atoms with van der Waals surface area (Å²) in [7, 11) is 0. The normalized spacial score (nSPS) is 33.0. The van der Waals surface area contributed by atoms with Gasteiger partial charge in [-0.2, -0.15) is 5.48 Å². The first kappa shape index (κ1) is 4.21. The summed E-state index contributed by atoms with van der Waals surface area (Å²) in [6.45, 7) is 1.99. The Morgan fingerprint density at radius 3 is 3.50 bits per heavy atom. The van der Waals surface area contributed by atoms with E-state index in [4.69, 9.17) is 4.84 Å². The van der Waals surface area contributed by atoms with Crippen molar-refractivity contribution in [1.82, 2.24) is 10.8 Å². The lowest BCUT2D eigenvalue weighted by Crippen LogP contribution is -2.15. The highest BCUT2D eigenvalue weighted by molar-refractivity contribution is 5.07. The molecule has 0 spiro atoms. The molecular formula is C5H8N2O. The van der Waals surface area contributed by atoms with Crippen LogP contribution in [0, 0.1) is 5.92 Å². The van der Waals surface area contributed by atoms with E-state index in [-0.39, 0.29) is 0 Å². The average molecular weight is 112 g/mol. The van der Waals surface area contributed by atoms with Gasteiger partial charge in [0, 0.05) is 19.3 Å². The van der Waals surface area contributed by atoms with Crippen molar-refractivity contribution in [2.45, 2.75) is 0 Å². The number of hydroxylamine groups is 1. The van der Waals surface area contributed by atoms with E-state index < -0.39 is 0 Å². The minimum absolute atomic E-state index is 0.593. The number of nitrogens with one attached hydrogen (secondary N) is 2. The van der Waals surface area contributed by atoms with Crippen molar-refractivity contribution < 1.29 is 4.84 Å². The van der Waals surface area contributed by atoms with Crippen LogP contribution in [0.1, 0.15) is 0 Å². The van der Waals surface area contributed by atoms with Crippen LogP contribution in [0.5, 0.6) is 0 Å². The van der Waals surface area contributed by atoms with Crippen LogP contribution in [0.3, 0.4) is 0 Å². The zero-order chi connectivity index (χ0) is 5.40. The molecule has 8 heavy (non-hydrogen) atoms. The molecule has 0 saturated carbocycles. The predicted molar refractivity (Wildman–Crippen MR) is 28.7 cm³/mol. The van der Waals surface area contributed by atoms with Crippen molar-refractivity contribution in [2.75, 3.05) is 13.1 Å². The lowest BCUT2D eigenvalue weighted by Gasteiger charge is -1.93. The molecule has 44 valence electrons. The van der Waals surface area contributed by atoms with E-state index in [9.17, 15) is 0 Å². The fraction of sp³-hybridized carbons (Fsp3) is 0.600. The first-order chi connectivity index (χ1) is 3.97. The SMILES string of the molecule is C1=C2ONCC2CN1. The predicted octanol–water partition coefficient (Wildman–Crippen LogP) is -0.418. The Morgan fingerprint density at radius 2 is 2.62 bits per heavy atom. The second-order valence-electron chi connectivity index (χ2n) is 2.10. The minimum atomic E-state index is 0.593. The van der Waals surface area contributed by atoms with Crippen molar-refractivity contribution in [3.63, 3.8) is 0 Å². The molecule has 2 aliphatic rings. The van der Waals surface area contributed by atoms with E-state index in [0.717, 1.165) is 18.8 Å². The summed E-state index contributed by atoms with van der Waals surface area (Å²) >= 11 is 0. The molecule has 0 aromatic heterocycles. The number of hydrogen-bond donors (Lipinski definition) is 2. The Morgan fingerprint density at radius 1 is 1.62 bits per heavy atom. The molecule has 1 saturated heterocycles. The number of rotatable bonds is 0. The van der Waals surface area contributed by atoms with Gasteiger partial charge in [-0.25, -0.2) is 0 Å². The van der Waals surface area contributed by atoms with Crippen LogP contribution in [-0.2, 0) is 4.84 Å². The van der Waals surface area contributed by atoms with Crippen molar-refractivity contribution in [3.8, 4) is 0 Å². The van der Waals surface area contributed by atoms with E-state index >= 15 is 0 Å². The van der Waals surface area contributed by atoms with Gasteiger partial charge in [0.2, 0.25) is 0 Å². The van der Waals surface area contributed by atoms with Gasteiger partial charge in [-0.15, -0.1) is 0 Å². The zero-order valence-electron chi connectivity index (χ0n) is 4.48. The van der Waals surface area contributed by atoms with Gasteiger partial charge < -0.3 is 10.2 Å². The molecular weight excluding hydrogens is 104 g/mol. The van der Waals surface area contributed by atoms with Crippen molar-refractivity contribution in [1.29, 1.82) is 0 Å². The standard InChI is InChI=1S/C5H8N2O/c1-4-2-7-8-5(4)3-6-1/h3-4,6-7H,1-2H2. The van der Waals surface area contributed by atoms with Gasteiger partial charge in [0.25, 0.3) is 0 Å². The third-order valence-electron chi connectivity index (χ3n) is 1.53. The van der Waals surface area contributed by atoms with E-state index in [1.807, 2.05) is 6.20 Å². The van der Waals surface area contributed by atoms with Crippen LogP contribution < -0.4 is 10.8 Å². The van der Waals surface area contributed by atoms with Gasteiger partial charge in [-0.1, -0.05) is 0 Å². The van der Waals surface area contributed by atoms with Crippen LogP contribution in [0.15, 0.2) is 12.0 Å². The first-order valence-corrected chi connectivity index (χ1v) is 2.80. The molecule has 0 aliphatic carbocycles. The Balaban J connectivity index is 2.20. The fourth-order valence-corrected chi connectivity index (χ4v) is 1.03. The Labute approximate surface area is 47.7 Å². The summed E-state index contributed by atoms with van der Waals surface area (Å²) in [4.78, 5) is 5.03. The zero-order valence-corrected chi connectivity index (χ0v) is 4.48. The molecule has 0 radical (unpaired) electrons. The quantitative estimate of drug-likeness (QED) is 0.446. The molecule has 3 nitrogen and oxygen atoms in total. The highest BCUT2D eigenvalue weighted by atomic mass is 16.7. The van der Waals surface area contributed by atoms with Gasteiger partial charge in [0.1, 0.15) is 5.76 Å². The first-order valence-electron chi connectivity index (χ1n) is 2.80. The topological polar surface area (TPSA) is 33.3 Å². The van der Waals surface area contributed by atoms with Crippen LogP contribution in [0.2, 0.25) is 0 Å². The van der Waals surface area contributed by atoms with Gasteiger partial charge in [0.05, 0.1) is 5.92 Å². The summed E-state index contributed by atoms with van der Waals surface area (Å²) in [5.74, 6) is 1.65. The summed E-state index contributed by atoms with van der Waals surface area (Å²) in [6, 6.07) is 0. The number of hydrogen-bond acceptors (Lipinski definition) is 3. The molecule has 2 heterocycles. The van der Waals surface area contributed by atoms with Crippen molar-refractivity contribution >= 4 is 0 Å². The molecule has 1 atom stereocenters. The monoisotopic (exact) mass is 112 g/mol. The molecule has 0 aromatic carbocycles. The maximum atomic E-state index is 5.03. The van der Waals surface area contributed by atoms with E-state index in [0.29, 0.717) is 5.92 Å². The molecule has 0 bridgehead atoms. The lowest BCUT2D eigenvalue weighted by molar-refractivity contribution is 0.155. The molecule has 0 amide bonds. The van der Waals surface area contributed by atoms with Crippen LogP contribution in [0.25, 0.3) is 0 Å². The van der Waals surface area contributed by atoms with E-state index in [1.165, 1.54) is 0 Å². The van der Waals surface area contributed by atoms with Crippen LogP contribution in [-0.4, -0.2) is 13.1 Å². The molecule has 2 N–H and O–H groups in total. The molecule has 1 unspecified atom stereocenters. The molecule has 2 rings (SSSR count). The smallest absolute Gasteiger partial charge is 0.146 e. The highest BCUT2D eigenvalue weighted by Gasteiger charge is 2.25. The van der Waals surface area contributed by atoms with E-state index in [2.05, 4.69) is 10.8 Å². The minimum Gasteiger partial charge on any atom is -0.411 e. The summed E-state index contributed by atoms with van der Waals surface area (Å²) in [6.07, 6.45) is 1.92. The van der Waals surface area contributed by atoms with Crippen LogP contribution >= 0.6 is 0 Å². The second-order valence-corrected chi connectivity index (χ2v) is 2.10.